The van der Waals surface area contributed by atoms with Crippen LogP contribution >= 0.6 is 0 Å². The van der Waals surface area contributed by atoms with Crippen molar-refractivity contribution in [2.24, 2.45) is 0 Å². The molecule has 0 unspecified atom stereocenters. The Balaban J connectivity index is 1.26. The minimum Gasteiger partial charge on any atom is -0.355 e. The summed E-state index contributed by atoms with van der Waals surface area (Å²) in [4.78, 5) is 0. The first-order valence-corrected chi connectivity index (χ1v) is 13.0. The summed E-state index contributed by atoms with van der Waals surface area (Å²) in [6, 6.07) is 53.8. The number of nitrogens with one attached hydrogen (secondary N) is 1. The van der Waals surface area contributed by atoms with E-state index in [1.807, 2.05) is 6.07 Å². The van der Waals surface area contributed by atoms with Gasteiger partial charge in [0.05, 0.1) is 11.0 Å². The Bertz CT molecular complexity index is 1830. The van der Waals surface area contributed by atoms with E-state index in [1.54, 1.807) is 0 Å². The maximum Gasteiger partial charge on any atom is 0.0541 e. The summed E-state index contributed by atoms with van der Waals surface area (Å²) < 4.78 is 2.36. The average Bonchev–Trinajstić information content (AvgIpc) is 3.33. The number of nitrogens with zero attached hydrogens (tertiary/aromatic N) is 1. The third-order valence-electron chi connectivity index (χ3n) is 7.19. The Morgan fingerprint density at radius 2 is 1.03 bits per heavy atom. The van der Waals surface area contributed by atoms with Crippen LogP contribution in [0.5, 0.6) is 0 Å². The van der Waals surface area contributed by atoms with Crippen molar-refractivity contribution in [1.29, 1.82) is 0 Å². The van der Waals surface area contributed by atoms with Gasteiger partial charge in [-0.1, -0.05) is 103 Å². The quantitative estimate of drug-likeness (QED) is 0.256. The van der Waals surface area contributed by atoms with Gasteiger partial charge in [0, 0.05) is 33.4 Å². The van der Waals surface area contributed by atoms with Crippen molar-refractivity contribution in [2.75, 3.05) is 5.32 Å². The molecule has 0 saturated carbocycles. The highest BCUT2D eigenvalue weighted by Crippen LogP contribution is 2.35. The Morgan fingerprint density at radius 3 is 1.76 bits per heavy atom. The standard InChI is InChI=1S/C36H26N2/c1-2-13-29(14-3-1)37-34-18-7-4-15-31(34)28-12-10-11-27(25-28)26-21-23-30(24-22-26)38-35-19-8-5-16-32(35)33-17-6-9-20-36(33)38/h1-25,37H. The summed E-state index contributed by atoms with van der Waals surface area (Å²) in [6.07, 6.45) is 0. The van der Waals surface area contributed by atoms with E-state index in [2.05, 4.69) is 155 Å². The summed E-state index contributed by atoms with van der Waals surface area (Å²) >= 11 is 0. The van der Waals surface area contributed by atoms with Gasteiger partial charge in [0.1, 0.15) is 0 Å². The number of para-hydroxylation sites is 4. The van der Waals surface area contributed by atoms with Gasteiger partial charge in [-0.25, -0.2) is 0 Å². The van der Waals surface area contributed by atoms with Crippen molar-refractivity contribution in [3.05, 3.63) is 152 Å². The molecule has 0 atom stereocenters. The predicted molar refractivity (Wildman–Crippen MR) is 161 cm³/mol. The number of aromatic nitrogens is 1. The van der Waals surface area contributed by atoms with Crippen LogP contribution in [0.15, 0.2) is 152 Å². The largest absolute Gasteiger partial charge is 0.355 e. The van der Waals surface area contributed by atoms with Crippen molar-refractivity contribution in [3.8, 4) is 27.9 Å². The summed E-state index contributed by atoms with van der Waals surface area (Å²) in [5.41, 5.74) is 10.6. The van der Waals surface area contributed by atoms with Gasteiger partial charge in [0.15, 0.2) is 0 Å². The molecule has 0 spiro atoms. The molecule has 180 valence electrons. The number of rotatable bonds is 5. The lowest BCUT2D eigenvalue weighted by atomic mass is 9.97. The van der Waals surface area contributed by atoms with E-state index in [1.165, 1.54) is 49.7 Å². The van der Waals surface area contributed by atoms with Gasteiger partial charge in [-0.3, -0.25) is 0 Å². The lowest BCUT2D eigenvalue weighted by molar-refractivity contribution is 1.18. The Labute approximate surface area is 222 Å². The summed E-state index contributed by atoms with van der Waals surface area (Å²) in [5, 5.41) is 6.14. The molecule has 0 amide bonds. The first-order valence-electron chi connectivity index (χ1n) is 13.0. The second kappa shape index (κ2) is 9.42. The van der Waals surface area contributed by atoms with Gasteiger partial charge >= 0.3 is 0 Å². The number of hydrogen-bond acceptors (Lipinski definition) is 1. The number of hydrogen-bond donors (Lipinski definition) is 1. The highest BCUT2D eigenvalue weighted by molar-refractivity contribution is 6.09. The van der Waals surface area contributed by atoms with E-state index in [0.717, 1.165) is 11.4 Å². The second-order valence-corrected chi connectivity index (χ2v) is 9.53. The normalized spacial score (nSPS) is 11.2. The molecule has 2 heteroatoms. The van der Waals surface area contributed by atoms with Gasteiger partial charge in [0.25, 0.3) is 0 Å². The molecule has 1 aromatic heterocycles. The van der Waals surface area contributed by atoms with Crippen LogP contribution in [0.3, 0.4) is 0 Å². The van der Waals surface area contributed by atoms with Crippen LogP contribution in [-0.2, 0) is 0 Å². The number of benzene rings is 6. The molecule has 38 heavy (non-hydrogen) atoms. The Kier molecular flexibility index (Phi) is 5.49. The summed E-state index contributed by atoms with van der Waals surface area (Å²) in [5.74, 6) is 0. The molecule has 0 aliphatic carbocycles. The first kappa shape index (κ1) is 22.1. The molecular formula is C36H26N2. The molecule has 0 aliphatic rings. The summed E-state index contributed by atoms with van der Waals surface area (Å²) in [6.45, 7) is 0. The lowest BCUT2D eigenvalue weighted by Gasteiger charge is -2.14. The number of fused-ring (bicyclic) bond motifs is 3. The van der Waals surface area contributed by atoms with E-state index in [4.69, 9.17) is 0 Å². The molecule has 0 saturated heterocycles. The molecule has 0 aliphatic heterocycles. The third kappa shape index (κ3) is 3.93. The van der Waals surface area contributed by atoms with Crippen LogP contribution in [0.25, 0.3) is 49.7 Å². The molecule has 2 nitrogen and oxygen atoms in total. The topological polar surface area (TPSA) is 17.0 Å². The van der Waals surface area contributed by atoms with Crippen LogP contribution in [0, 0.1) is 0 Å². The first-order chi connectivity index (χ1) is 18.8. The van der Waals surface area contributed by atoms with Crippen molar-refractivity contribution < 1.29 is 0 Å². The summed E-state index contributed by atoms with van der Waals surface area (Å²) in [7, 11) is 0. The van der Waals surface area contributed by atoms with Crippen molar-refractivity contribution in [2.45, 2.75) is 0 Å². The van der Waals surface area contributed by atoms with Crippen LogP contribution in [0.1, 0.15) is 0 Å². The van der Waals surface area contributed by atoms with E-state index >= 15 is 0 Å². The number of anilines is 2. The molecule has 1 heterocycles. The van der Waals surface area contributed by atoms with Crippen molar-refractivity contribution >= 4 is 33.2 Å². The predicted octanol–water partition coefficient (Wildman–Crippen LogP) is 9.86. The van der Waals surface area contributed by atoms with E-state index in [0.29, 0.717) is 0 Å². The molecule has 7 rings (SSSR count). The maximum absolute atomic E-state index is 3.58. The zero-order valence-electron chi connectivity index (χ0n) is 20.9. The average molecular weight is 487 g/mol. The monoisotopic (exact) mass is 486 g/mol. The second-order valence-electron chi connectivity index (χ2n) is 9.53. The SMILES string of the molecule is c1ccc(Nc2ccccc2-c2cccc(-c3ccc(-n4c5ccccc5c5ccccc54)cc3)c2)cc1. The van der Waals surface area contributed by atoms with Crippen molar-refractivity contribution in [1.82, 2.24) is 4.57 Å². The molecule has 0 bridgehead atoms. The Hall–Kier alpha value is -5.08. The fourth-order valence-electron chi connectivity index (χ4n) is 5.39. The van der Waals surface area contributed by atoms with Crippen LogP contribution in [0.4, 0.5) is 11.4 Å². The van der Waals surface area contributed by atoms with E-state index < -0.39 is 0 Å². The van der Waals surface area contributed by atoms with Gasteiger partial charge in [0.2, 0.25) is 0 Å². The fraction of sp³-hybridized carbons (Fsp3) is 0. The molecule has 0 radical (unpaired) electrons. The highest BCUT2D eigenvalue weighted by Gasteiger charge is 2.12. The molecular weight excluding hydrogens is 460 g/mol. The van der Waals surface area contributed by atoms with Crippen LogP contribution in [-0.4, -0.2) is 4.57 Å². The fourth-order valence-corrected chi connectivity index (χ4v) is 5.39. The van der Waals surface area contributed by atoms with E-state index in [9.17, 15) is 0 Å². The zero-order chi connectivity index (χ0) is 25.3. The molecule has 7 aromatic rings. The third-order valence-corrected chi connectivity index (χ3v) is 7.19. The minimum atomic E-state index is 1.08. The lowest BCUT2D eigenvalue weighted by Crippen LogP contribution is -1.94. The Morgan fingerprint density at radius 1 is 0.421 bits per heavy atom. The molecule has 1 N–H and O–H groups in total. The molecule has 0 fully saturated rings. The van der Waals surface area contributed by atoms with Gasteiger partial charge in [-0.05, 0) is 65.2 Å². The van der Waals surface area contributed by atoms with Crippen LogP contribution in [0.2, 0.25) is 0 Å². The van der Waals surface area contributed by atoms with E-state index in [-0.39, 0.29) is 0 Å². The zero-order valence-corrected chi connectivity index (χ0v) is 20.9. The van der Waals surface area contributed by atoms with Gasteiger partial charge in [-0.2, -0.15) is 0 Å². The van der Waals surface area contributed by atoms with Crippen molar-refractivity contribution in [3.63, 3.8) is 0 Å². The van der Waals surface area contributed by atoms with Gasteiger partial charge in [-0.15, -0.1) is 0 Å². The van der Waals surface area contributed by atoms with Crippen LogP contribution < -0.4 is 5.32 Å². The smallest absolute Gasteiger partial charge is 0.0541 e. The highest BCUT2D eigenvalue weighted by atomic mass is 15.0. The maximum atomic E-state index is 3.58. The molecule has 6 aromatic carbocycles. The van der Waals surface area contributed by atoms with Gasteiger partial charge < -0.3 is 9.88 Å². The minimum absolute atomic E-state index is 1.08.